The van der Waals surface area contributed by atoms with Crippen LogP contribution in [0.15, 0.2) is 42.5 Å². The predicted molar refractivity (Wildman–Crippen MR) is 92.3 cm³/mol. The van der Waals surface area contributed by atoms with E-state index in [-0.39, 0.29) is 30.1 Å². The third-order valence-electron chi connectivity index (χ3n) is 4.28. The van der Waals surface area contributed by atoms with Gasteiger partial charge in [0.05, 0.1) is 11.0 Å². The molecule has 27 heavy (non-hydrogen) atoms. The quantitative estimate of drug-likeness (QED) is 0.639. The number of carbonyl (C=O) groups excluding carboxylic acids is 1. The average molecular weight is 377 g/mol. The van der Waals surface area contributed by atoms with Crippen molar-refractivity contribution >= 4 is 11.6 Å². The number of nitro benzene ring substituents is 1. The fraction of sp³-hybridized carbons (Fsp3) is 0.278. The molecule has 1 unspecified atom stereocenters. The molecule has 1 fully saturated rings. The summed E-state index contributed by atoms with van der Waals surface area (Å²) in [6.45, 7) is 1.12. The van der Waals surface area contributed by atoms with Crippen molar-refractivity contribution in [3.05, 3.63) is 69.8 Å². The highest BCUT2D eigenvalue weighted by Gasteiger charge is 2.28. The van der Waals surface area contributed by atoms with Gasteiger partial charge in [-0.3, -0.25) is 14.9 Å². The van der Waals surface area contributed by atoms with E-state index in [1.54, 1.807) is 17.0 Å². The van der Waals surface area contributed by atoms with Crippen LogP contribution in [0.3, 0.4) is 0 Å². The fourth-order valence-corrected chi connectivity index (χ4v) is 2.97. The Morgan fingerprint density at radius 3 is 2.81 bits per heavy atom. The fourth-order valence-electron chi connectivity index (χ4n) is 2.97. The Kier molecular flexibility index (Phi) is 5.60. The second-order valence-corrected chi connectivity index (χ2v) is 6.02. The molecule has 1 amide bonds. The lowest BCUT2D eigenvalue weighted by Crippen LogP contribution is -2.50. The van der Waals surface area contributed by atoms with Gasteiger partial charge in [-0.15, -0.1) is 0 Å². The van der Waals surface area contributed by atoms with Gasteiger partial charge in [0.2, 0.25) is 5.82 Å². The Balaban J connectivity index is 1.69. The smallest absolute Gasteiger partial charge is 0.305 e. The summed E-state index contributed by atoms with van der Waals surface area (Å²) in [5.74, 6) is -1.75. The van der Waals surface area contributed by atoms with Crippen molar-refractivity contribution in [2.45, 2.75) is 6.04 Å². The van der Waals surface area contributed by atoms with Crippen LogP contribution in [0.25, 0.3) is 0 Å². The van der Waals surface area contributed by atoms with Crippen LogP contribution in [0.1, 0.15) is 11.6 Å². The van der Waals surface area contributed by atoms with Crippen LogP contribution in [-0.2, 0) is 4.79 Å². The molecule has 0 radical (unpaired) electrons. The normalized spacial score (nSPS) is 16.8. The second-order valence-electron chi connectivity index (χ2n) is 6.02. The minimum absolute atomic E-state index is 0.0175. The Morgan fingerprint density at radius 2 is 2.11 bits per heavy atom. The van der Waals surface area contributed by atoms with Crippen molar-refractivity contribution in [3.8, 4) is 5.75 Å². The molecule has 9 heteroatoms. The van der Waals surface area contributed by atoms with Crippen LogP contribution in [0.5, 0.6) is 5.75 Å². The number of nitrogens with one attached hydrogen (secondary N) is 1. The molecule has 0 spiro atoms. The van der Waals surface area contributed by atoms with Gasteiger partial charge in [-0.1, -0.05) is 12.1 Å². The van der Waals surface area contributed by atoms with Gasteiger partial charge in [0.25, 0.3) is 5.91 Å². The van der Waals surface area contributed by atoms with Crippen LogP contribution in [0, 0.1) is 21.7 Å². The summed E-state index contributed by atoms with van der Waals surface area (Å²) < 4.78 is 32.5. The lowest BCUT2D eigenvalue weighted by Gasteiger charge is -2.36. The number of piperazine rings is 1. The summed E-state index contributed by atoms with van der Waals surface area (Å²) in [5, 5.41) is 13.8. The third kappa shape index (κ3) is 4.37. The minimum atomic E-state index is -1.04. The van der Waals surface area contributed by atoms with Crippen LogP contribution in [0.4, 0.5) is 14.5 Å². The molecule has 0 aromatic heterocycles. The molecule has 7 nitrogen and oxygen atoms in total. The zero-order chi connectivity index (χ0) is 19.4. The van der Waals surface area contributed by atoms with Gasteiger partial charge in [0, 0.05) is 31.8 Å². The Morgan fingerprint density at radius 1 is 1.30 bits per heavy atom. The number of nitro groups is 1. The molecule has 0 aliphatic carbocycles. The van der Waals surface area contributed by atoms with Crippen molar-refractivity contribution in [3.63, 3.8) is 0 Å². The zero-order valence-corrected chi connectivity index (χ0v) is 14.2. The topological polar surface area (TPSA) is 84.7 Å². The molecule has 2 aromatic rings. The van der Waals surface area contributed by atoms with Gasteiger partial charge in [-0.2, -0.15) is 4.39 Å². The van der Waals surface area contributed by atoms with Crippen molar-refractivity contribution in [1.82, 2.24) is 10.2 Å². The van der Waals surface area contributed by atoms with Crippen LogP contribution in [0.2, 0.25) is 0 Å². The maximum atomic E-state index is 13.6. The van der Waals surface area contributed by atoms with Gasteiger partial charge < -0.3 is 15.0 Å². The van der Waals surface area contributed by atoms with E-state index in [2.05, 4.69) is 5.32 Å². The molecule has 1 aliphatic rings. The second kappa shape index (κ2) is 8.09. The van der Waals surface area contributed by atoms with E-state index < -0.39 is 16.4 Å². The molecule has 0 bridgehead atoms. The van der Waals surface area contributed by atoms with Crippen LogP contribution < -0.4 is 10.1 Å². The van der Waals surface area contributed by atoms with Crippen molar-refractivity contribution < 1.29 is 23.2 Å². The van der Waals surface area contributed by atoms with Crippen molar-refractivity contribution in [1.29, 1.82) is 0 Å². The first-order valence-corrected chi connectivity index (χ1v) is 8.28. The Hall–Kier alpha value is -3.07. The van der Waals surface area contributed by atoms with Crippen molar-refractivity contribution in [2.24, 2.45) is 0 Å². The molecule has 142 valence electrons. The van der Waals surface area contributed by atoms with E-state index in [9.17, 15) is 23.7 Å². The predicted octanol–water partition coefficient (Wildman–Crippen LogP) is 2.42. The number of nitrogens with zero attached hydrogens (tertiary/aromatic N) is 2. The van der Waals surface area contributed by atoms with E-state index in [4.69, 9.17) is 4.74 Å². The van der Waals surface area contributed by atoms with E-state index in [0.29, 0.717) is 25.2 Å². The summed E-state index contributed by atoms with van der Waals surface area (Å²) in [6.07, 6.45) is 0. The summed E-state index contributed by atoms with van der Waals surface area (Å²) in [7, 11) is 0. The van der Waals surface area contributed by atoms with Crippen LogP contribution in [-0.4, -0.2) is 42.0 Å². The lowest BCUT2D eigenvalue weighted by atomic mass is 10.0. The van der Waals surface area contributed by atoms with Gasteiger partial charge in [0.1, 0.15) is 11.6 Å². The summed E-state index contributed by atoms with van der Waals surface area (Å²) in [6, 6.07) is 8.77. The number of carbonyl (C=O) groups is 1. The van der Waals surface area contributed by atoms with Gasteiger partial charge in [0.15, 0.2) is 6.61 Å². The number of amides is 1. The number of hydrogen-bond acceptors (Lipinski definition) is 5. The Bertz CT molecular complexity index is 862. The lowest BCUT2D eigenvalue weighted by molar-refractivity contribution is -0.387. The average Bonchev–Trinajstić information content (AvgIpc) is 2.66. The van der Waals surface area contributed by atoms with E-state index in [1.165, 1.54) is 18.2 Å². The summed E-state index contributed by atoms with van der Waals surface area (Å²) in [5.41, 5.74) is -0.00104. The first-order chi connectivity index (χ1) is 13.0. The first kappa shape index (κ1) is 18.7. The van der Waals surface area contributed by atoms with Gasteiger partial charge in [-0.05, 0) is 23.8 Å². The zero-order valence-electron chi connectivity index (χ0n) is 14.2. The summed E-state index contributed by atoms with van der Waals surface area (Å²) >= 11 is 0. The molecule has 3 rings (SSSR count). The molecular weight excluding hydrogens is 360 g/mol. The maximum Gasteiger partial charge on any atom is 0.305 e. The highest BCUT2D eigenvalue weighted by Crippen LogP contribution is 2.25. The number of hydrogen-bond donors (Lipinski definition) is 1. The largest absolute Gasteiger partial charge is 0.484 e. The third-order valence-corrected chi connectivity index (χ3v) is 4.28. The standard InChI is InChI=1S/C18H17F2N3O4/c19-13-3-1-2-12(8-13)17-10-21-6-7-22(17)18(24)11-27-14-4-5-16(23(25)26)15(20)9-14/h1-5,8-9,17,21H,6-7,10-11H2. The monoisotopic (exact) mass is 377 g/mol. The summed E-state index contributed by atoms with van der Waals surface area (Å²) in [4.78, 5) is 23.9. The number of benzene rings is 2. The van der Waals surface area contributed by atoms with Crippen LogP contribution >= 0.6 is 0 Å². The van der Waals surface area contributed by atoms with Gasteiger partial charge in [-0.25, -0.2) is 4.39 Å². The number of ether oxygens (including phenoxy) is 1. The number of rotatable bonds is 5. The molecule has 1 aliphatic heterocycles. The minimum Gasteiger partial charge on any atom is -0.484 e. The van der Waals surface area contributed by atoms with E-state index in [1.807, 2.05) is 0 Å². The molecule has 0 saturated carbocycles. The number of halogens is 2. The Labute approximate surface area is 153 Å². The highest BCUT2D eigenvalue weighted by atomic mass is 19.1. The van der Waals surface area contributed by atoms with E-state index in [0.717, 1.165) is 12.1 Å². The first-order valence-electron chi connectivity index (χ1n) is 8.28. The van der Waals surface area contributed by atoms with Crippen molar-refractivity contribution in [2.75, 3.05) is 26.2 Å². The molecular formula is C18H17F2N3O4. The maximum absolute atomic E-state index is 13.6. The van der Waals surface area contributed by atoms with E-state index >= 15 is 0 Å². The molecule has 1 saturated heterocycles. The SMILES string of the molecule is O=C(COc1ccc([N+](=O)[O-])c(F)c1)N1CCNCC1c1cccc(F)c1. The van der Waals surface area contributed by atoms with Gasteiger partial charge >= 0.3 is 5.69 Å². The highest BCUT2D eigenvalue weighted by molar-refractivity contribution is 5.78. The molecule has 1 heterocycles. The molecule has 1 atom stereocenters. The molecule has 2 aromatic carbocycles. The molecule has 1 N–H and O–H groups in total.